The van der Waals surface area contributed by atoms with Crippen LogP contribution in [0.5, 0.6) is 0 Å². The molecule has 2 N–H and O–H groups in total. The first kappa shape index (κ1) is 11.1. The Labute approximate surface area is 98.3 Å². The van der Waals surface area contributed by atoms with E-state index in [0.29, 0.717) is 11.6 Å². The molecule has 16 heavy (non-hydrogen) atoms. The molecule has 0 spiro atoms. The number of carbonyl (C=O) groups is 1. The van der Waals surface area contributed by atoms with Crippen LogP contribution in [0.2, 0.25) is 0 Å². The number of carbonyl (C=O) groups excluding carboxylic acids is 1. The summed E-state index contributed by atoms with van der Waals surface area (Å²) < 4.78 is 0.986. The average molecular weight is 234 g/mol. The van der Waals surface area contributed by atoms with Gasteiger partial charge < -0.3 is 5.73 Å². The molecule has 1 aromatic heterocycles. The van der Waals surface area contributed by atoms with E-state index in [2.05, 4.69) is 11.9 Å². The number of nitrogens with zero attached hydrogens (tertiary/aromatic N) is 1. The maximum Gasteiger partial charge on any atom is 0.181 e. The van der Waals surface area contributed by atoms with Crippen molar-refractivity contribution in [2.24, 2.45) is 0 Å². The van der Waals surface area contributed by atoms with Gasteiger partial charge in [0.05, 0.1) is 10.2 Å². The predicted octanol–water partition coefficient (Wildman–Crippen LogP) is 3.25. The first-order valence-electron chi connectivity index (χ1n) is 5.40. The maximum absolute atomic E-state index is 11.8. The van der Waals surface area contributed by atoms with E-state index in [4.69, 9.17) is 5.73 Å². The van der Waals surface area contributed by atoms with E-state index in [9.17, 15) is 4.79 Å². The lowest BCUT2D eigenvalue weighted by Crippen LogP contribution is -1.97. The number of nitrogen functional groups attached to an aromatic ring is 1. The molecule has 0 bridgehead atoms. The zero-order valence-corrected chi connectivity index (χ0v) is 10.0. The number of unbranched alkanes of at least 4 members (excludes halogenated alkanes) is 1. The molecule has 84 valence electrons. The fourth-order valence-electron chi connectivity index (χ4n) is 1.60. The summed E-state index contributed by atoms with van der Waals surface area (Å²) in [5.74, 6) is 0.204. The number of nitrogens with two attached hydrogens (primary N) is 1. The first-order chi connectivity index (χ1) is 7.70. The Balaban J connectivity index is 2.28. The molecule has 4 heteroatoms. The Morgan fingerprint density at radius 1 is 1.50 bits per heavy atom. The zero-order valence-electron chi connectivity index (χ0n) is 9.19. The van der Waals surface area contributed by atoms with Crippen LogP contribution in [0, 0.1) is 0 Å². The Hall–Kier alpha value is -1.42. The highest BCUT2D eigenvalue weighted by atomic mass is 32.1. The molecule has 0 saturated carbocycles. The summed E-state index contributed by atoms with van der Waals surface area (Å²) in [6.07, 6.45) is 2.61. The van der Waals surface area contributed by atoms with Crippen LogP contribution in [-0.4, -0.2) is 10.8 Å². The highest BCUT2D eigenvalue weighted by Crippen LogP contribution is 2.25. The number of aromatic nitrogens is 1. The summed E-state index contributed by atoms with van der Waals surface area (Å²) in [4.78, 5) is 16.0. The van der Waals surface area contributed by atoms with Crippen molar-refractivity contribution >= 4 is 32.5 Å². The average Bonchev–Trinajstić information content (AvgIpc) is 2.64. The number of thiazole rings is 1. The van der Waals surface area contributed by atoms with Crippen LogP contribution in [0.1, 0.15) is 36.5 Å². The Morgan fingerprint density at radius 3 is 3.06 bits per heavy atom. The highest BCUT2D eigenvalue weighted by Gasteiger charge is 2.08. The van der Waals surface area contributed by atoms with Crippen LogP contribution in [0.4, 0.5) is 5.13 Å². The van der Waals surface area contributed by atoms with Crippen molar-refractivity contribution in [3.05, 3.63) is 23.8 Å². The van der Waals surface area contributed by atoms with Gasteiger partial charge in [-0.2, -0.15) is 0 Å². The number of benzene rings is 1. The van der Waals surface area contributed by atoms with Gasteiger partial charge in [-0.05, 0) is 24.6 Å². The van der Waals surface area contributed by atoms with Gasteiger partial charge in [0.15, 0.2) is 10.9 Å². The summed E-state index contributed by atoms with van der Waals surface area (Å²) in [7, 11) is 0. The summed E-state index contributed by atoms with van der Waals surface area (Å²) in [6.45, 7) is 2.08. The third kappa shape index (κ3) is 2.22. The van der Waals surface area contributed by atoms with Crippen molar-refractivity contribution < 1.29 is 4.79 Å². The number of anilines is 1. The molecular formula is C12H14N2OS. The summed E-state index contributed by atoms with van der Waals surface area (Å²) >= 11 is 1.42. The number of rotatable bonds is 4. The van der Waals surface area contributed by atoms with Gasteiger partial charge in [-0.25, -0.2) is 4.98 Å². The molecule has 1 aromatic carbocycles. The number of hydrogen-bond donors (Lipinski definition) is 1. The molecule has 0 fully saturated rings. The monoisotopic (exact) mass is 234 g/mol. The second-order valence-corrected chi connectivity index (χ2v) is 4.82. The largest absolute Gasteiger partial charge is 0.375 e. The molecular weight excluding hydrogens is 220 g/mol. The van der Waals surface area contributed by atoms with Crippen molar-refractivity contribution in [2.45, 2.75) is 26.2 Å². The van der Waals surface area contributed by atoms with E-state index in [1.54, 1.807) is 0 Å². The van der Waals surface area contributed by atoms with Gasteiger partial charge in [-0.3, -0.25) is 4.79 Å². The fraction of sp³-hybridized carbons (Fsp3) is 0.333. The van der Waals surface area contributed by atoms with E-state index in [1.165, 1.54) is 11.3 Å². The first-order valence-corrected chi connectivity index (χ1v) is 6.21. The second kappa shape index (κ2) is 4.61. The maximum atomic E-state index is 11.8. The SMILES string of the molecule is CCCCC(=O)c1ccc2nc(N)sc2c1. The van der Waals surface area contributed by atoms with E-state index < -0.39 is 0 Å². The van der Waals surface area contributed by atoms with E-state index >= 15 is 0 Å². The van der Waals surface area contributed by atoms with Gasteiger partial charge in [0, 0.05) is 12.0 Å². The fourth-order valence-corrected chi connectivity index (χ4v) is 2.37. The third-order valence-electron chi connectivity index (χ3n) is 2.48. The standard InChI is InChI=1S/C12H14N2OS/c1-2-3-4-10(15)8-5-6-9-11(7-8)16-12(13)14-9/h5-7H,2-4H2,1H3,(H2,13,14). The van der Waals surface area contributed by atoms with Gasteiger partial charge in [0.2, 0.25) is 0 Å². The van der Waals surface area contributed by atoms with E-state index in [1.807, 2.05) is 18.2 Å². The molecule has 0 aliphatic carbocycles. The molecule has 2 aromatic rings. The van der Waals surface area contributed by atoms with Crippen LogP contribution in [0.15, 0.2) is 18.2 Å². The lowest BCUT2D eigenvalue weighted by Gasteiger charge is -1.99. The van der Waals surface area contributed by atoms with Crippen LogP contribution in [0.3, 0.4) is 0 Å². The van der Waals surface area contributed by atoms with Crippen molar-refractivity contribution in [3.63, 3.8) is 0 Å². The Bertz CT molecular complexity index is 519. The zero-order chi connectivity index (χ0) is 11.5. The van der Waals surface area contributed by atoms with E-state index in [0.717, 1.165) is 28.6 Å². The van der Waals surface area contributed by atoms with Crippen LogP contribution in [0.25, 0.3) is 10.2 Å². The van der Waals surface area contributed by atoms with Gasteiger partial charge in [0.1, 0.15) is 0 Å². The van der Waals surface area contributed by atoms with E-state index in [-0.39, 0.29) is 5.78 Å². The molecule has 0 unspecified atom stereocenters. The van der Waals surface area contributed by atoms with Crippen LogP contribution < -0.4 is 5.73 Å². The minimum atomic E-state index is 0.204. The Kier molecular flexibility index (Phi) is 3.19. The smallest absolute Gasteiger partial charge is 0.181 e. The minimum absolute atomic E-state index is 0.204. The second-order valence-electron chi connectivity index (χ2n) is 3.76. The molecule has 0 atom stereocenters. The molecule has 3 nitrogen and oxygen atoms in total. The number of hydrogen-bond acceptors (Lipinski definition) is 4. The van der Waals surface area contributed by atoms with Crippen molar-refractivity contribution in [1.29, 1.82) is 0 Å². The van der Waals surface area contributed by atoms with Gasteiger partial charge in [-0.15, -0.1) is 0 Å². The molecule has 2 rings (SSSR count). The minimum Gasteiger partial charge on any atom is -0.375 e. The molecule has 0 amide bonds. The van der Waals surface area contributed by atoms with Crippen molar-refractivity contribution in [3.8, 4) is 0 Å². The molecule has 1 heterocycles. The lowest BCUT2D eigenvalue weighted by atomic mass is 10.1. The van der Waals surface area contributed by atoms with Gasteiger partial charge in [0.25, 0.3) is 0 Å². The Morgan fingerprint density at radius 2 is 2.31 bits per heavy atom. The highest BCUT2D eigenvalue weighted by molar-refractivity contribution is 7.22. The summed E-state index contributed by atoms with van der Waals surface area (Å²) in [5.41, 5.74) is 7.26. The number of fused-ring (bicyclic) bond motifs is 1. The van der Waals surface area contributed by atoms with Crippen LogP contribution >= 0.6 is 11.3 Å². The summed E-state index contributed by atoms with van der Waals surface area (Å²) in [6, 6.07) is 5.59. The number of Topliss-reactive ketones (excluding diaryl/α,β-unsaturated/α-hetero) is 1. The summed E-state index contributed by atoms with van der Waals surface area (Å²) in [5, 5.41) is 0.549. The van der Waals surface area contributed by atoms with Gasteiger partial charge >= 0.3 is 0 Å². The predicted molar refractivity (Wildman–Crippen MR) is 67.9 cm³/mol. The van der Waals surface area contributed by atoms with Gasteiger partial charge in [-0.1, -0.05) is 24.7 Å². The van der Waals surface area contributed by atoms with Crippen LogP contribution in [-0.2, 0) is 0 Å². The normalized spacial score (nSPS) is 10.8. The topological polar surface area (TPSA) is 56.0 Å². The van der Waals surface area contributed by atoms with Crippen molar-refractivity contribution in [2.75, 3.05) is 5.73 Å². The quantitative estimate of drug-likeness (QED) is 0.826. The molecule has 0 aliphatic heterocycles. The lowest BCUT2D eigenvalue weighted by molar-refractivity contribution is 0.0980. The third-order valence-corrected chi connectivity index (χ3v) is 3.33. The molecule has 0 aliphatic rings. The van der Waals surface area contributed by atoms with Crippen molar-refractivity contribution in [1.82, 2.24) is 4.98 Å². The number of ketones is 1. The molecule has 0 radical (unpaired) electrons. The molecule has 0 saturated heterocycles.